The van der Waals surface area contributed by atoms with Crippen LogP contribution in [0.5, 0.6) is 0 Å². The van der Waals surface area contributed by atoms with E-state index in [4.69, 9.17) is 18.0 Å². The molecule has 4 nitrogen and oxygen atoms in total. The van der Waals surface area contributed by atoms with Crippen LogP contribution in [-0.2, 0) is 15.8 Å². The third-order valence-corrected chi connectivity index (χ3v) is 4.98. The summed E-state index contributed by atoms with van der Waals surface area (Å²) in [7, 11) is -3.28. The highest BCUT2D eigenvalue weighted by Crippen LogP contribution is 2.08. The minimum Gasteiger partial charge on any atom is -0.389 e. The van der Waals surface area contributed by atoms with E-state index in [9.17, 15) is 8.42 Å². The van der Waals surface area contributed by atoms with Gasteiger partial charge >= 0.3 is 0 Å². The van der Waals surface area contributed by atoms with Crippen LogP contribution < -0.4 is 10.5 Å². The molecular weight excluding hydrogens is 312 g/mol. The van der Waals surface area contributed by atoms with Gasteiger partial charge in [0.1, 0.15) is 4.99 Å². The molecule has 0 spiro atoms. The predicted molar refractivity (Wildman–Crippen MR) is 90.6 cm³/mol. The lowest BCUT2D eigenvalue weighted by Gasteiger charge is -2.07. The lowest BCUT2D eigenvalue weighted by Crippen LogP contribution is -2.26. The zero-order valence-electron chi connectivity index (χ0n) is 11.5. The fourth-order valence-electron chi connectivity index (χ4n) is 1.63. The van der Waals surface area contributed by atoms with Crippen molar-refractivity contribution in [2.24, 2.45) is 5.73 Å². The minimum absolute atomic E-state index is 0.0207. The van der Waals surface area contributed by atoms with Crippen LogP contribution in [0.4, 0.5) is 0 Å². The number of unbranched alkanes of at least 4 members (excludes halogenated alkanes) is 1. The van der Waals surface area contributed by atoms with Gasteiger partial charge < -0.3 is 5.73 Å². The van der Waals surface area contributed by atoms with Crippen molar-refractivity contribution in [2.75, 3.05) is 18.6 Å². The fourth-order valence-corrected chi connectivity index (χ4v) is 3.45. The van der Waals surface area contributed by atoms with E-state index < -0.39 is 10.0 Å². The molecule has 1 aromatic carbocycles. The Bertz CT molecular complexity index is 527. The Morgan fingerprint density at radius 3 is 2.50 bits per heavy atom. The molecule has 0 bridgehead atoms. The molecule has 0 radical (unpaired) electrons. The molecule has 0 atom stereocenters. The van der Waals surface area contributed by atoms with Gasteiger partial charge in [-0.25, -0.2) is 13.1 Å². The number of rotatable bonds is 9. The molecule has 0 aliphatic heterocycles. The largest absolute Gasteiger partial charge is 0.389 e. The van der Waals surface area contributed by atoms with Crippen LogP contribution in [-0.4, -0.2) is 32.0 Å². The van der Waals surface area contributed by atoms with Crippen molar-refractivity contribution in [3.8, 4) is 0 Å². The van der Waals surface area contributed by atoms with Crippen molar-refractivity contribution in [1.82, 2.24) is 4.72 Å². The van der Waals surface area contributed by atoms with Gasteiger partial charge in [-0.1, -0.05) is 36.5 Å². The van der Waals surface area contributed by atoms with Gasteiger partial charge in [0, 0.05) is 12.1 Å². The number of nitrogens with one attached hydrogen (secondary N) is 1. The maximum Gasteiger partial charge on any atom is 0.215 e. The van der Waals surface area contributed by atoms with Crippen molar-refractivity contribution in [1.29, 1.82) is 0 Å². The average Bonchev–Trinajstić information content (AvgIpc) is 2.38. The summed E-state index contributed by atoms with van der Waals surface area (Å²) in [4.78, 5) is 0.311. The number of hydrogen-bond acceptors (Lipinski definition) is 4. The van der Waals surface area contributed by atoms with E-state index in [1.54, 1.807) is 36.0 Å². The molecule has 0 amide bonds. The Morgan fingerprint density at radius 2 is 1.95 bits per heavy atom. The Hall–Kier alpha value is -0.630. The maximum atomic E-state index is 11.9. The summed E-state index contributed by atoms with van der Waals surface area (Å²) in [5.41, 5.74) is 6.96. The molecule has 0 aliphatic rings. The Balaban J connectivity index is 2.47. The van der Waals surface area contributed by atoms with Crippen molar-refractivity contribution >= 4 is 39.0 Å². The number of benzene rings is 1. The number of thiocarbonyl (C=S) groups is 1. The zero-order valence-corrected chi connectivity index (χ0v) is 13.9. The summed E-state index contributed by atoms with van der Waals surface area (Å²) in [5.74, 6) is 1.04. The molecule has 0 fully saturated rings. The van der Waals surface area contributed by atoms with E-state index in [1.165, 1.54) is 0 Å². The van der Waals surface area contributed by atoms with Crippen LogP contribution in [0.2, 0.25) is 0 Å². The smallest absolute Gasteiger partial charge is 0.215 e. The summed E-state index contributed by atoms with van der Waals surface area (Å²) in [5, 5.41) is 0. The average molecular weight is 333 g/mol. The first kappa shape index (κ1) is 17.4. The van der Waals surface area contributed by atoms with Crippen molar-refractivity contribution in [2.45, 2.75) is 18.6 Å². The number of thioether (sulfide) groups is 1. The van der Waals surface area contributed by atoms with Crippen molar-refractivity contribution < 1.29 is 8.42 Å². The summed E-state index contributed by atoms with van der Waals surface area (Å²) in [6, 6.07) is 6.96. The molecule has 0 heterocycles. The third kappa shape index (κ3) is 6.69. The molecule has 20 heavy (non-hydrogen) atoms. The van der Waals surface area contributed by atoms with Gasteiger partial charge in [0.15, 0.2) is 0 Å². The van der Waals surface area contributed by atoms with Crippen LogP contribution in [0, 0.1) is 0 Å². The first-order valence-corrected chi connectivity index (χ1v) is 9.75. The van der Waals surface area contributed by atoms with Gasteiger partial charge in [-0.2, -0.15) is 11.8 Å². The van der Waals surface area contributed by atoms with Gasteiger partial charge in [0.25, 0.3) is 0 Å². The van der Waals surface area contributed by atoms with Gasteiger partial charge in [-0.15, -0.1) is 0 Å². The standard InChI is InChI=1S/C13H20N2O2S3/c1-19-9-3-2-8-15-20(16,17)10-11-4-6-12(7-5-11)13(14)18/h4-7,15H,2-3,8-10H2,1H3,(H2,14,18). The highest BCUT2D eigenvalue weighted by Gasteiger charge is 2.10. The van der Waals surface area contributed by atoms with Gasteiger partial charge in [0.2, 0.25) is 10.0 Å². The predicted octanol–water partition coefficient (Wildman–Crippen LogP) is 1.88. The van der Waals surface area contributed by atoms with E-state index >= 15 is 0 Å². The molecule has 1 aromatic rings. The lowest BCUT2D eigenvalue weighted by atomic mass is 10.1. The normalized spacial score (nSPS) is 11.4. The Kier molecular flexibility index (Phi) is 7.50. The highest BCUT2D eigenvalue weighted by molar-refractivity contribution is 7.98. The Labute approximate surface area is 130 Å². The van der Waals surface area contributed by atoms with Gasteiger partial charge in [0.05, 0.1) is 5.75 Å². The van der Waals surface area contributed by atoms with Crippen LogP contribution >= 0.6 is 24.0 Å². The molecule has 3 N–H and O–H groups in total. The molecule has 0 unspecified atom stereocenters. The SMILES string of the molecule is CSCCCCNS(=O)(=O)Cc1ccc(C(N)=S)cc1. The lowest BCUT2D eigenvalue weighted by molar-refractivity contribution is 0.577. The van der Waals surface area contributed by atoms with E-state index in [1.807, 2.05) is 6.26 Å². The van der Waals surface area contributed by atoms with Gasteiger partial charge in [-0.3, -0.25) is 0 Å². The van der Waals surface area contributed by atoms with E-state index in [0.717, 1.165) is 29.7 Å². The van der Waals surface area contributed by atoms with Crippen molar-refractivity contribution in [3.05, 3.63) is 35.4 Å². The first-order chi connectivity index (χ1) is 9.44. The summed E-state index contributed by atoms with van der Waals surface area (Å²) in [6.45, 7) is 0.494. The monoisotopic (exact) mass is 332 g/mol. The number of nitrogens with two attached hydrogens (primary N) is 1. The Morgan fingerprint density at radius 1 is 1.30 bits per heavy atom. The third-order valence-electron chi connectivity index (χ3n) is 2.69. The first-order valence-electron chi connectivity index (χ1n) is 6.29. The molecule has 0 saturated heterocycles. The molecule has 7 heteroatoms. The van der Waals surface area contributed by atoms with Crippen LogP contribution in [0.3, 0.4) is 0 Å². The second kappa shape index (κ2) is 8.61. The molecular formula is C13H20N2O2S3. The van der Waals surface area contributed by atoms with E-state index in [2.05, 4.69) is 4.72 Å². The van der Waals surface area contributed by atoms with Crippen LogP contribution in [0.15, 0.2) is 24.3 Å². The van der Waals surface area contributed by atoms with Crippen LogP contribution in [0.1, 0.15) is 24.0 Å². The highest BCUT2D eigenvalue weighted by atomic mass is 32.2. The van der Waals surface area contributed by atoms with E-state index in [0.29, 0.717) is 11.5 Å². The van der Waals surface area contributed by atoms with E-state index in [-0.39, 0.29) is 5.75 Å². The zero-order chi connectivity index (χ0) is 15.0. The fraction of sp³-hybridized carbons (Fsp3) is 0.462. The van der Waals surface area contributed by atoms with Crippen LogP contribution in [0.25, 0.3) is 0 Å². The minimum atomic E-state index is -3.28. The summed E-state index contributed by atoms with van der Waals surface area (Å²) >= 11 is 6.62. The topological polar surface area (TPSA) is 72.2 Å². The molecule has 0 saturated carbocycles. The maximum absolute atomic E-state index is 11.9. The molecule has 0 aromatic heterocycles. The second-order valence-corrected chi connectivity index (χ2v) is 7.65. The molecule has 0 aliphatic carbocycles. The van der Waals surface area contributed by atoms with Crippen molar-refractivity contribution in [3.63, 3.8) is 0 Å². The number of hydrogen-bond donors (Lipinski definition) is 2. The quantitative estimate of drug-likeness (QED) is 0.534. The summed E-state index contributed by atoms with van der Waals surface area (Å²) < 4.78 is 26.4. The summed E-state index contributed by atoms with van der Waals surface area (Å²) in [6.07, 6.45) is 3.92. The second-order valence-electron chi connectivity index (χ2n) is 4.41. The number of sulfonamides is 1. The van der Waals surface area contributed by atoms with Gasteiger partial charge in [-0.05, 0) is 30.4 Å². The molecule has 112 valence electrons. The molecule has 1 rings (SSSR count).